The van der Waals surface area contributed by atoms with Crippen LogP contribution < -0.4 is 0 Å². The maximum atomic E-state index is 11.2. The van der Waals surface area contributed by atoms with E-state index in [1.807, 2.05) is 30.3 Å². The molecule has 1 aromatic rings. The van der Waals surface area contributed by atoms with E-state index < -0.39 is 6.10 Å². The summed E-state index contributed by atoms with van der Waals surface area (Å²) >= 11 is 0. The van der Waals surface area contributed by atoms with Crippen molar-refractivity contribution in [2.75, 3.05) is 13.1 Å². The van der Waals surface area contributed by atoms with E-state index in [1.54, 1.807) is 6.92 Å². The smallest absolute Gasteiger partial charge is 0.131 e. The van der Waals surface area contributed by atoms with Crippen LogP contribution in [0.3, 0.4) is 0 Å². The summed E-state index contributed by atoms with van der Waals surface area (Å²) in [6.07, 6.45) is 5.79. The van der Waals surface area contributed by atoms with Crippen molar-refractivity contribution < 1.29 is 9.90 Å². The fraction of sp³-hybridized carbons (Fsp3) is 0.611. The topological polar surface area (TPSA) is 40.5 Å². The van der Waals surface area contributed by atoms with Crippen LogP contribution >= 0.6 is 0 Å². The molecule has 0 radical (unpaired) electrons. The van der Waals surface area contributed by atoms with Crippen LogP contribution in [0.5, 0.6) is 0 Å². The minimum absolute atomic E-state index is 0.251. The average molecular weight is 289 g/mol. The molecule has 2 atom stereocenters. The highest BCUT2D eigenvalue weighted by atomic mass is 16.3. The van der Waals surface area contributed by atoms with E-state index in [1.165, 1.54) is 19.3 Å². The highest BCUT2D eigenvalue weighted by Crippen LogP contribution is 2.26. The molecule has 0 amide bonds. The minimum atomic E-state index is -0.408. The summed E-state index contributed by atoms with van der Waals surface area (Å²) < 4.78 is 0. The van der Waals surface area contributed by atoms with Crippen LogP contribution in [0.15, 0.2) is 30.3 Å². The van der Waals surface area contributed by atoms with Crippen molar-refractivity contribution in [3.63, 3.8) is 0 Å². The van der Waals surface area contributed by atoms with Crippen molar-refractivity contribution in [2.45, 2.75) is 57.6 Å². The molecule has 3 nitrogen and oxygen atoms in total. The molecule has 1 saturated heterocycles. The van der Waals surface area contributed by atoms with Crippen molar-refractivity contribution in [2.24, 2.45) is 0 Å². The molecule has 3 heteroatoms. The molecule has 0 aliphatic carbocycles. The van der Waals surface area contributed by atoms with Gasteiger partial charge in [0.25, 0.3) is 0 Å². The molecule has 2 rings (SSSR count). The summed E-state index contributed by atoms with van der Waals surface area (Å²) in [5.41, 5.74) is 0.994. The number of aliphatic hydroxyl groups is 1. The summed E-state index contributed by atoms with van der Waals surface area (Å²) in [6, 6.07) is 10.3. The van der Waals surface area contributed by atoms with Gasteiger partial charge in [0.15, 0.2) is 0 Å². The number of benzene rings is 1. The maximum absolute atomic E-state index is 11.2. The number of carbonyl (C=O) groups excluding carboxylic acids is 1. The van der Waals surface area contributed by atoms with Crippen molar-refractivity contribution >= 4 is 5.78 Å². The molecule has 0 aromatic heterocycles. The van der Waals surface area contributed by atoms with E-state index in [9.17, 15) is 9.90 Å². The number of aliphatic hydroxyl groups excluding tert-OH is 1. The molecule has 1 aromatic carbocycles. The number of ketones is 1. The molecule has 116 valence electrons. The average Bonchev–Trinajstić information content (AvgIpc) is 2.71. The second-order valence-electron chi connectivity index (χ2n) is 6.15. The molecule has 2 unspecified atom stereocenters. The Balaban J connectivity index is 1.97. The third-order valence-electron chi connectivity index (χ3n) is 4.43. The van der Waals surface area contributed by atoms with Crippen molar-refractivity contribution in [1.29, 1.82) is 0 Å². The van der Waals surface area contributed by atoms with Gasteiger partial charge in [-0.3, -0.25) is 9.69 Å². The van der Waals surface area contributed by atoms with E-state index in [4.69, 9.17) is 0 Å². The van der Waals surface area contributed by atoms with E-state index in [0.717, 1.165) is 31.5 Å². The van der Waals surface area contributed by atoms with Gasteiger partial charge in [0.2, 0.25) is 0 Å². The van der Waals surface area contributed by atoms with Gasteiger partial charge in [-0.05, 0) is 38.3 Å². The van der Waals surface area contributed by atoms with Gasteiger partial charge in [-0.25, -0.2) is 0 Å². The van der Waals surface area contributed by atoms with Gasteiger partial charge in [-0.15, -0.1) is 0 Å². The quantitative estimate of drug-likeness (QED) is 0.873. The van der Waals surface area contributed by atoms with Crippen LogP contribution in [-0.4, -0.2) is 34.9 Å². The first-order valence-corrected chi connectivity index (χ1v) is 8.13. The lowest BCUT2D eigenvalue weighted by molar-refractivity contribution is -0.117. The Morgan fingerprint density at radius 2 is 2.05 bits per heavy atom. The largest absolute Gasteiger partial charge is 0.388 e. The number of likely N-dealkylation sites (tertiary alicyclic amines) is 1. The molecule has 1 heterocycles. The number of carbonyl (C=O) groups is 1. The monoisotopic (exact) mass is 289 g/mol. The lowest BCUT2D eigenvalue weighted by Crippen LogP contribution is -2.37. The second kappa shape index (κ2) is 8.30. The predicted molar refractivity (Wildman–Crippen MR) is 85.1 cm³/mol. The number of hydrogen-bond acceptors (Lipinski definition) is 3. The third kappa shape index (κ3) is 5.25. The minimum Gasteiger partial charge on any atom is -0.388 e. The Kier molecular flexibility index (Phi) is 6.40. The molecule has 0 bridgehead atoms. The summed E-state index contributed by atoms with van der Waals surface area (Å²) in [7, 11) is 0. The van der Waals surface area contributed by atoms with Crippen LogP contribution in [0.2, 0.25) is 0 Å². The zero-order chi connectivity index (χ0) is 15.1. The highest BCUT2D eigenvalue weighted by Gasteiger charge is 2.24. The number of rotatable bonds is 6. The standard InChI is InChI=1S/C18H27NO2/c1-15(20)11-13-19-12-7-3-6-10-17(19)14-18(21)16-8-4-2-5-9-16/h2,4-5,8-9,17-18,21H,3,6-7,10-14H2,1H3. The Labute approximate surface area is 128 Å². The molecule has 21 heavy (non-hydrogen) atoms. The van der Waals surface area contributed by atoms with Gasteiger partial charge in [-0.2, -0.15) is 0 Å². The first-order chi connectivity index (χ1) is 10.2. The summed E-state index contributed by atoms with van der Waals surface area (Å²) in [5.74, 6) is 0.251. The van der Waals surface area contributed by atoms with Gasteiger partial charge in [0.05, 0.1) is 6.10 Å². The normalized spacial score (nSPS) is 21.7. The lowest BCUT2D eigenvalue weighted by Gasteiger charge is -2.31. The van der Waals surface area contributed by atoms with Crippen molar-refractivity contribution in [3.8, 4) is 0 Å². The van der Waals surface area contributed by atoms with Gasteiger partial charge >= 0.3 is 0 Å². The molecule has 0 saturated carbocycles. The fourth-order valence-electron chi connectivity index (χ4n) is 3.17. The molecule has 1 N–H and O–H groups in total. The first kappa shape index (κ1) is 16.2. The number of Topliss-reactive ketones (excluding diaryl/α,β-unsaturated/α-hetero) is 1. The molecular weight excluding hydrogens is 262 g/mol. The predicted octanol–water partition coefficient (Wildman–Crippen LogP) is 3.33. The Morgan fingerprint density at radius 3 is 2.76 bits per heavy atom. The molecule has 1 aliphatic heterocycles. The van der Waals surface area contributed by atoms with Crippen LogP contribution in [0.25, 0.3) is 0 Å². The molecular formula is C18H27NO2. The van der Waals surface area contributed by atoms with Gasteiger partial charge < -0.3 is 5.11 Å². The van der Waals surface area contributed by atoms with Crippen molar-refractivity contribution in [1.82, 2.24) is 4.90 Å². The summed E-state index contributed by atoms with van der Waals surface area (Å²) in [6.45, 7) is 3.55. The van der Waals surface area contributed by atoms with E-state index in [2.05, 4.69) is 4.90 Å². The summed E-state index contributed by atoms with van der Waals surface area (Å²) in [5, 5.41) is 10.5. The maximum Gasteiger partial charge on any atom is 0.131 e. The second-order valence-corrected chi connectivity index (χ2v) is 6.15. The Hall–Kier alpha value is -1.19. The SMILES string of the molecule is CC(=O)CCN1CCCCCC1CC(O)c1ccccc1. The van der Waals surface area contributed by atoms with Gasteiger partial charge in [0.1, 0.15) is 5.78 Å². The highest BCUT2D eigenvalue weighted by molar-refractivity contribution is 5.75. The first-order valence-electron chi connectivity index (χ1n) is 8.13. The number of hydrogen-bond donors (Lipinski definition) is 1. The van der Waals surface area contributed by atoms with Gasteiger partial charge in [0, 0.05) is 19.0 Å². The Bertz CT molecular complexity index is 432. The fourth-order valence-corrected chi connectivity index (χ4v) is 3.17. The molecule has 0 spiro atoms. The van der Waals surface area contributed by atoms with E-state index in [-0.39, 0.29) is 5.78 Å². The van der Waals surface area contributed by atoms with Crippen LogP contribution in [0.4, 0.5) is 0 Å². The zero-order valence-electron chi connectivity index (χ0n) is 13.0. The molecule has 1 fully saturated rings. The van der Waals surface area contributed by atoms with Crippen LogP contribution in [0.1, 0.15) is 57.1 Å². The molecule has 1 aliphatic rings. The third-order valence-corrected chi connectivity index (χ3v) is 4.43. The Morgan fingerprint density at radius 1 is 1.29 bits per heavy atom. The van der Waals surface area contributed by atoms with Crippen LogP contribution in [0, 0.1) is 0 Å². The van der Waals surface area contributed by atoms with Gasteiger partial charge in [-0.1, -0.05) is 43.2 Å². The van der Waals surface area contributed by atoms with Crippen LogP contribution in [-0.2, 0) is 4.79 Å². The summed E-state index contributed by atoms with van der Waals surface area (Å²) in [4.78, 5) is 13.7. The van der Waals surface area contributed by atoms with E-state index >= 15 is 0 Å². The van der Waals surface area contributed by atoms with E-state index in [0.29, 0.717) is 12.5 Å². The lowest BCUT2D eigenvalue weighted by atomic mass is 9.98. The zero-order valence-corrected chi connectivity index (χ0v) is 13.0. The number of nitrogens with zero attached hydrogens (tertiary/aromatic N) is 1. The van der Waals surface area contributed by atoms with Crippen molar-refractivity contribution in [3.05, 3.63) is 35.9 Å².